The Hall–Kier alpha value is -4.08. The maximum Gasteiger partial charge on any atom is 0.264 e. The maximum atomic E-state index is 13.1. The molecule has 31 heavy (non-hydrogen) atoms. The lowest BCUT2D eigenvalue weighted by molar-refractivity contribution is 0.0950. The van der Waals surface area contributed by atoms with E-state index in [4.69, 9.17) is 0 Å². The van der Waals surface area contributed by atoms with Gasteiger partial charge >= 0.3 is 0 Å². The molecule has 4 rings (SSSR count). The summed E-state index contributed by atoms with van der Waals surface area (Å²) in [5.74, 6) is -0.821. The molecule has 0 saturated carbocycles. The first-order valence-corrected chi connectivity index (χ1v) is 9.53. The van der Waals surface area contributed by atoms with Crippen LogP contribution in [0.25, 0.3) is 11.0 Å². The minimum Gasteiger partial charge on any atom is -0.350 e. The van der Waals surface area contributed by atoms with Gasteiger partial charge in [0.05, 0.1) is 19.3 Å². The molecule has 158 valence electrons. The second-order valence-electron chi connectivity index (χ2n) is 7.00. The molecule has 0 bridgehead atoms. The molecule has 1 N–H and O–H groups in total. The summed E-state index contributed by atoms with van der Waals surface area (Å²) in [4.78, 5) is 41.3. The zero-order chi connectivity index (χ0) is 22.0. The zero-order valence-electron chi connectivity index (χ0n) is 16.7. The Kier molecular flexibility index (Phi) is 5.44. The first-order valence-electron chi connectivity index (χ1n) is 9.53. The van der Waals surface area contributed by atoms with Crippen LogP contribution in [-0.4, -0.2) is 36.4 Å². The molecule has 10 heteroatoms. The number of nitrogens with one attached hydrogen (secondary N) is 1. The van der Waals surface area contributed by atoms with Crippen molar-refractivity contribution in [2.24, 2.45) is 7.05 Å². The first-order chi connectivity index (χ1) is 14.9. The topological polar surface area (TPSA) is 104 Å². The number of amides is 1. The number of nitrogens with zero attached hydrogens (tertiary/aromatic N) is 5. The molecule has 0 fully saturated rings. The van der Waals surface area contributed by atoms with Crippen LogP contribution in [0.5, 0.6) is 0 Å². The minimum absolute atomic E-state index is 0.0529. The van der Waals surface area contributed by atoms with E-state index in [0.29, 0.717) is 11.0 Å². The molecule has 0 radical (unpaired) electrons. The van der Waals surface area contributed by atoms with Gasteiger partial charge in [0.25, 0.3) is 17.0 Å². The number of aryl methyl sites for hydroxylation is 1. The van der Waals surface area contributed by atoms with Gasteiger partial charge in [-0.3, -0.25) is 19.0 Å². The fourth-order valence-electron chi connectivity index (χ4n) is 3.20. The van der Waals surface area contributed by atoms with E-state index >= 15 is 0 Å². The standard InChI is InChI=1S/C21H19FN6O3/c1-26-9-2-3-16(20(26)30)19(29)23-8-10-28-18-17(11-25-28)21(31)27(13-24-18)12-14-4-6-15(22)7-5-14/h2-7,9,11,13H,8,10,12H2,1H3,(H,23,29). The molecule has 0 unspecified atom stereocenters. The zero-order valence-corrected chi connectivity index (χ0v) is 16.7. The van der Waals surface area contributed by atoms with Crippen LogP contribution in [0.2, 0.25) is 0 Å². The lowest BCUT2D eigenvalue weighted by Gasteiger charge is -2.08. The van der Waals surface area contributed by atoms with Gasteiger partial charge in [-0.15, -0.1) is 0 Å². The highest BCUT2D eigenvalue weighted by Crippen LogP contribution is 2.08. The molecule has 0 aliphatic heterocycles. The fraction of sp³-hybridized carbons (Fsp3) is 0.190. The van der Waals surface area contributed by atoms with Gasteiger partial charge < -0.3 is 9.88 Å². The van der Waals surface area contributed by atoms with Crippen molar-refractivity contribution < 1.29 is 9.18 Å². The Bertz CT molecular complexity index is 1370. The third-order valence-corrected chi connectivity index (χ3v) is 4.87. The molecule has 4 aromatic rings. The smallest absolute Gasteiger partial charge is 0.264 e. The number of benzene rings is 1. The van der Waals surface area contributed by atoms with E-state index in [1.807, 2.05) is 0 Å². The minimum atomic E-state index is -0.479. The van der Waals surface area contributed by atoms with Crippen LogP contribution in [0.1, 0.15) is 15.9 Å². The van der Waals surface area contributed by atoms with Crippen LogP contribution < -0.4 is 16.4 Å². The van der Waals surface area contributed by atoms with E-state index in [2.05, 4.69) is 15.4 Å². The molecule has 0 saturated heterocycles. The van der Waals surface area contributed by atoms with E-state index in [9.17, 15) is 18.8 Å². The molecular weight excluding hydrogens is 403 g/mol. The molecule has 0 spiro atoms. The van der Waals surface area contributed by atoms with Crippen LogP contribution >= 0.6 is 0 Å². The summed E-state index contributed by atoms with van der Waals surface area (Å²) < 4.78 is 17.3. The van der Waals surface area contributed by atoms with Crippen molar-refractivity contribution in [3.63, 3.8) is 0 Å². The number of pyridine rings is 1. The summed E-state index contributed by atoms with van der Waals surface area (Å²) in [7, 11) is 1.57. The van der Waals surface area contributed by atoms with Crippen LogP contribution in [0.15, 0.2) is 64.7 Å². The Labute approximate surface area is 175 Å². The van der Waals surface area contributed by atoms with Crippen molar-refractivity contribution in [1.82, 2.24) is 29.2 Å². The fourth-order valence-corrected chi connectivity index (χ4v) is 3.20. The number of halogens is 1. The maximum absolute atomic E-state index is 13.1. The average molecular weight is 422 g/mol. The predicted molar refractivity (Wildman–Crippen MR) is 111 cm³/mol. The van der Waals surface area contributed by atoms with Crippen molar-refractivity contribution in [3.8, 4) is 0 Å². The SMILES string of the molecule is Cn1cccc(C(=O)NCCn2ncc3c(=O)n(Cc4ccc(F)cc4)cnc32)c1=O. The van der Waals surface area contributed by atoms with Gasteiger partial charge in [0, 0.05) is 19.8 Å². The number of hydrogen-bond acceptors (Lipinski definition) is 5. The van der Waals surface area contributed by atoms with Gasteiger partial charge in [-0.1, -0.05) is 12.1 Å². The van der Waals surface area contributed by atoms with E-state index in [1.165, 1.54) is 44.5 Å². The van der Waals surface area contributed by atoms with Crippen molar-refractivity contribution in [2.45, 2.75) is 13.1 Å². The van der Waals surface area contributed by atoms with Gasteiger partial charge in [-0.25, -0.2) is 14.1 Å². The number of carbonyl (C=O) groups excluding carboxylic acids is 1. The van der Waals surface area contributed by atoms with Crippen molar-refractivity contribution in [2.75, 3.05) is 6.54 Å². The van der Waals surface area contributed by atoms with E-state index in [1.54, 1.807) is 31.4 Å². The lowest BCUT2D eigenvalue weighted by atomic mass is 10.2. The van der Waals surface area contributed by atoms with Gasteiger partial charge in [0.1, 0.15) is 23.1 Å². The highest BCUT2D eigenvalue weighted by atomic mass is 19.1. The third-order valence-electron chi connectivity index (χ3n) is 4.87. The van der Waals surface area contributed by atoms with Crippen LogP contribution in [0.4, 0.5) is 4.39 Å². The number of aromatic nitrogens is 5. The normalized spacial score (nSPS) is 11.0. The van der Waals surface area contributed by atoms with Gasteiger partial charge in [-0.2, -0.15) is 5.10 Å². The van der Waals surface area contributed by atoms with Gasteiger partial charge in [-0.05, 0) is 29.8 Å². The summed E-state index contributed by atoms with van der Waals surface area (Å²) in [6.45, 7) is 0.736. The van der Waals surface area contributed by atoms with Gasteiger partial charge in [0.2, 0.25) is 0 Å². The molecule has 0 aliphatic carbocycles. The second-order valence-corrected chi connectivity index (χ2v) is 7.00. The number of rotatable bonds is 6. The molecule has 3 aromatic heterocycles. The van der Waals surface area contributed by atoms with Crippen LogP contribution in [-0.2, 0) is 20.1 Å². The Morgan fingerprint density at radius 1 is 1.13 bits per heavy atom. The van der Waals surface area contributed by atoms with E-state index in [0.717, 1.165) is 5.56 Å². The van der Waals surface area contributed by atoms with Crippen molar-refractivity contribution in [1.29, 1.82) is 0 Å². The summed E-state index contributed by atoms with van der Waals surface area (Å²) in [5.41, 5.74) is 0.569. The highest BCUT2D eigenvalue weighted by molar-refractivity contribution is 5.93. The number of hydrogen-bond donors (Lipinski definition) is 1. The Balaban J connectivity index is 1.47. The largest absolute Gasteiger partial charge is 0.350 e. The van der Waals surface area contributed by atoms with Crippen LogP contribution in [0, 0.1) is 5.82 Å². The molecule has 3 heterocycles. The van der Waals surface area contributed by atoms with Crippen LogP contribution in [0.3, 0.4) is 0 Å². The summed E-state index contributed by atoms with van der Waals surface area (Å²) in [6, 6.07) is 8.98. The molecule has 1 amide bonds. The lowest BCUT2D eigenvalue weighted by Crippen LogP contribution is -2.33. The summed E-state index contributed by atoms with van der Waals surface area (Å²) in [6.07, 6.45) is 4.42. The second kappa shape index (κ2) is 8.34. The molecular formula is C21H19FN6O3. The number of carbonyl (C=O) groups is 1. The summed E-state index contributed by atoms with van der Waals surface area (Å²) >= 11 is 0. The monoisotopic (exact) mass is 422 g/mol. The van der Waals surface area contributed by atoms with E-state index < -0.39 is 5.91 Å². The quantitative estimate of drug-likeness (QED) is 0.498. The Morgan fingerprint density at radius 2 is 1.90 bits per heavy atom. The molecule has 1 aromatic carbocycles. The predicted octanol–water partition coefficient (Wildman–Crippen LogP) is 0.909. The number of fused-ring (bicyclic) bond motifs is 1. The molecule has 9 nitrogen and oxygen atoms in total. The highest BCUT2D eigenvalue weighted by Gasteiger charge is 2.13. The van der Waals surface area contributed by atoms with Gasteiger partial charge in [0.15, 0.2) is 5.65 Å². The Morgan fingerprint density at radius 3 is 2.68 bits per heavy atom. The van der Waals surface area contributed by atoms with Crippen molar-refractivity contribution >= 4 is 16.9 Å². The third kappa shape index (κ3) is 4.13. The molecule has 0 aliphatic rings. The van der Waals surface area contributed by atoms with Crippen molar-refractivity contribution in [3.05, 3.63) is 92.8 Å². The first kappa shape index (κ1) is 20.2. The summed E-state index contributed by atoms with van der Waals surface area (Å²) in [5, 5.41) is 7.21. The average Bonchev–Trinajstić information content (AvgIpc) is 3.17. The molecule has 0 atom stereocenters. The van der Waals surface area contributed by atoms with E-state index in [-0.39, 0.29) is 42.1 Å².